The summed E-state index contributed by atoms with van der Waals surface area (Å²) in [5, 5.41) is 0. The van der Waals surface area contributed by atoms with E-state index < -0.39 is 0 Å². The highest BCUT2D eigenvalue weighted by Gasteiger charge is 2.15. The van der Waals surface area contributed by atoms with Gasteiger partial charge in [-0.05, 0) is 42.0 Å². The van der Waals surface area contributed by atoms with Crippen molar-refractivity contribution in [2.24, 2.45) is 0 Å². The molecule has 0 spiro atoms. The van der Waals surface area contributed by atoms with Crippen LogP contribution in [0, 0.1) is 0 Å². The SMILES string of the molecule is Nc1ccccc1-c1cccc2c1CCC2. The van der Waals surface area contributed by atoms with Crippen LogP contribution in [0.2, 0.25) is 0 Å². The van der Waals surface area contributed by atoms with Gasteiger partial charge in [-0.25, -0.2) is 0 Å². The Kier molecular flexibility index (Phi) is 2.17. The van der Waals surface area contributed by atoms with Gasteiger partial charge in [-0.3, -0.25) is 0 Å². The Labute approximate surface area is 95.9 Å². The number of aryl methyl sites for hydroxylation is 1. The maximum absolute atomic E-state index is 6.05. The summed E-state index contributed by atoms with van der Waals surface area (Å²) < 4.78 is 0. The molecule has 1 nitrogen and oxygen atoms in total. The molecule has 0 amide bonds. The highest BCUT2D eigenvalue weighted by molar-refractivity contribution is 5.79. The van der Waals surface area contributed by atoms with Gasteiger partial charge in [-0.2, -0.15) is 0 Å². The van der Waals surface area contributed by atoms with Gasteiger partial charge >= 0.3 is 0 Å². The van der Waals surface area contributed by atoms with Crippen LogP contribution < -0.4 is 5.73 Å². The fourth-order valence-electron chi connectivity index (χ4n) is 2.61. The predicted octanol–water partition coefficient (Wildman–Crippen LogP) is 3.42. The van der Waals surface area contributed by atoms with E-state index in [9.17, 15) is 0 Å². The molecule has 2 aromatic carbocycles. The molecule has 0 heterocycles. The first-order valence-corrected chi connectivity index (χ1v) is 5.82. The van der Waals surface area contributed by atoms with Crippen molar-refractivity contribution in [3.05, 3.63) is 53.6 Å². The molecule has 1 aliphatic carbocycles. The van der Waals surface area contributed by atoms with E-state index in [1.807, 2.05) is 12.1 Å². The molecule has 2 aromatic rings. The minimum atomic E-state index is 0.878. The number of nitrogens with two attached hydrogens (primary N) is 1. The van der Waals surface area contributed by atoms with Crippen LogP contribution in [0.5, 0.6) is 0 Å². The van der Waals surface area contributed by atoms with E-state index in [1.165, 1.54) is 41.5 Å². The van der Waals surface area contributed by atoms with Crippen LogP contribution in [0.3, 0.4) is 0 Å². The van der Waals surface area contributed by atoms with Crippen LogP contribution in [-0.4, -0.2) is 0 Å². The van der Waals surface area contributed by atoms with Crippen molar-refractivity contribution in [1.82, 2.24) is 0 Å². The normalized spacial score (nSPS) is 13.8. The number of nitrogen functional groups attached to an aromatic ring is 1. The highest BCUT2D eigenvalue weighted by Crippen LogP contribution is 2.34. The quantitative estimate of drug-likeness (QED) is 0.715. The van der Waals surface area contributed by atoms with E-state index in [4.69, 9.17) is 5.73 Å². The van der Waals surface area contributed by atoms with E-state index in [0.717, 1.165) is 5.69 Å². The summed E-state index contributed by atoms with van der Waals surface area (Å²) >= 11 is 0. The molecule has 2 N–H and O–H groups in total. The minimum Gasteiger partial charge on any atom is -0.398 e. The predicted molar refractivity (Wildman–Crippen MR) is 68.3 cm³/mol. The maximum Gasteiger partial charge on any atom is 0.0393 e. The third-order valence-electron chi connectivity index (χ3n) is 3.40. The zero-order chi connectivity index (χ0) is 11.0. The summed E-state index contributed by atoms with van der Waals surface area (Å²) in [5.74, 6) is 0. The van der Waals surface area contributed by atoms with Crippen LogP contribution in [0.25, 0.3) is 11.1 Å². The molecule has 0 unspecified atom stereocenters. The lowest BCUT2D eigenvalue weighted by molar-refractivity contribution is 0.912. The molecule has 16 heavy (non-hydrogen) atoms. The van der Waals surface area contributed by atoms with Crippen LogP contribution in [0.1, 0.15) is 17.5 Å². The fraction of sp³-hybridized carbons (Fsp3) is 0.200. The van der Waals surface area contributed by atoms with Gasteiger partial charge < -0.3 is 5.73 Å². The van der Waals surface area contributed by atoms with E-state index in [0.29, 0.717) is 0 Å². The fourth-order valence-corrected chi connectivity index (χ4v) is 2.61. The molecule has 80 valence electrons. The molecule has 3 rings (SSSR count). The van der Waals surface area contributed by atoms with Gasteiger partial charge in [-0.1, -0.05) is 36.4 Å². The van der Waals surface area contributed by atoms with Crippen molar-refractivity contribution >= 4 is 5.69 Å². The Morgan fingerprint density at radius 2 is 1.62 bits per heavy atom. The van der Waals surface area contributed by atoms with Gasteiger partial charge in [0, 0.05) is 11.3 Å². The van der Waals surface area contributed by atoms with Crippen molar-refractivity contribution in [3.8, 4) is 11.1 Å². The summed E-state index contributed by atoms with van der Waals surface area (Å²) in [5.41, 5.74) is 12.4. The number of benzene rings is 2. The summed E-state index contributed by atoms with van der Waals surface area (Å²) in [6.07, 6.45) is 3.69. The number of anilines is 1. The molecule has 0 atom stereocenters. The van der Waals surface area contributed by atoms with Gasteiger partial charge in [0.05, 0.1) is 0 Å². The highest BCUT2D eigenvalue weighted by atomic mass is 14.6. The lowest BCUT2D eigenvalue weighted by atomic mass is 9.96. The third-order valence-corrected chi connectivity index (χ3v) is 3.40. The Balaban J connectivity index is 2.21. The van der Waals surface area contributed by atoms with Gasteiger partial charge in [0.1, 0.15) is 0 Å². The molecule has 0 saturated heterocycles. The van der Waals surface area contributed by atoms with Crippen LogP contribution in [0.15, 0.2) is 42.5 Å². The molecule has 0 aliphatic heterocycles. The monoisotopic (exact) mass is 209 g/mol. The molecule has 0 fully saturated rings. The Hall–Kier alpha value is -1.76. The summed E-state index contributed by atoms with van der Waals surface area (Å²) in [6, 6.07) is 14.7. The number of rotatable bonds is 1. The first kappa shape index (κ1) is 9.46. The van der Waals surface area contributed by atoms with Crippen molar-refractivity contribution in [2.45, 2.75) is 19.3 Å². The second-order valence-corrected chi connectivity index (χ2v) is 4.38. The third kappa shape index (κ3) is 1.40. The van der Waals surface area contributed by atoms with Gasteiger partial charge in [0.15, 0.2) is 0 Å². The topological polar surface area (TPSA) is 26.0 Å². The molecular formula is C15H15N. The first-order chi connectivity index (χ1) is 7.86. The van der Waals surface area contributed by atoms with Crippen LogP contribution in [-0.2, 0) is 12.8 Å². The average molecular weight is 209 g/mol. The zero-order valence-electron chi connectivity index (χ0n) is 9.24. The number of para-hydroxylation sites is 1. The van der Waals surface area contributed by atoms with Gasteiger partial charge in [0.25, 0.3) is 0 Å². The second kappa shape index (κ2) is 3.67. The number of hydrogen-bond acceptors (Lipinski definition) is 1. The Morgan fingerprint density at radius 1 is 0.812 bits per heavy atom. The average Bonchev–Trinajstić information content (AvgIpc) is 2.77. The minimum absolute atomic E-state index is 0.878. The maximum atomic E-state index is 6.05. The molecule has 0 aromatic heterocycles. The second-order valence-electron chi connectivity index (χ2n) is 4.38. The Bertz CT molecular complexity index is 529. The van der Waals surface area contributed by atoms with Gasteiger partial charge in [-0.15, -0.1) is 0 Å². The summed E-state index contributed by atoms with van der Waals surface area (Å²) in [6.45, 7) is 0. The standard InChI is InChI=1S/C15H15N/c16-15-10-2-1-7-14(15)13-9-4-6-11-5-3-8-12(11)13/h1-2,4,6-7,9-10H,3,5,8,16H2. The molecule has 0 radical (unpaired) electrons. The molecule has 0 saturated carbocycles. The van der Waals surface area contributed by atoms with Crippen LogP contribution >= 0.6 is 0 Å². The molecule has 1 aliphatic rings. The molecular weight excluding hydrogens is 194 g/mol. The lowest BCUT2D eigenvalue weighted by Crippen LogP contribution is -1.93. The van der Waals surface area contributed by atoms with E-state index in [2.05, 4.69) is 30.3 Å². The Morgan fingerprint density at radius 3 is 2.50 bits per heavy atom. The number of fused-ring (bicyclic) bond motifs is 1. The summed E-state index contributed by atoms with van der Waals surface area (Å²) in [4.78, 5) is 0. The van der Waals surface area contributed by atoms with Crippen LogP contribution in [0.4, 0.5) is 5.69 Å². The van der Waals surface area contributed by atoms with Crippen molar-refractivity contribution < 1.29 is 0 Å². The smallest absolute Gasteiger partial charge is 0.0393 e. The summed E-state index contributed by atoms with van der Waals surface area (Å²) in [7, 11) is 0. The van der Waals surface area contributed by atoms with E-state index >= 15 is 0 Å². The van der Waals surface area contributed by atoms with E-state index in [-0.39, 0.29) is 0 Å². The zero-order valence-corrected chi connectivity index (χ0v) is 9.24. The van der Waals surface area contributed by atoms with Gasteiger partial charge in [0.2, 0.25) is 0 Å². The van der Waals surface area contributed by atoms with Crippen molar-refractivity contribution in [3.63, 3.8) is 0 Å². The molecule has 1 heteroatoms. The van der Waals surface area contributed by atoms with Crippen molar-refractivity contribution in [1.29, 1.82) is 0 Å². The molecule has 0 bridgehead atoms. The van der Waals surface area contributed by atoms with E-state index in [1.54, 1.807) is 0 Å². The lowest BCUT2D eigenvalue weighted by Gasteiger charge is -2.10. The first-order valence-electron chi connectivity index (χ1n) is 5.82. The largest absolute Gasteiger partial charge is 0.398 e. The number of hydrogen-bond donors (Lipinski definition) is 1. The van der Waals surface area contributed by atoms with Crippen molar-refractivity contribution in [2.75, 3.05) is 5.73 Å².